The van der Waals surface area contributed by atoms with Gasteiger partial charge in [0.25, 0.3) is 15.9 Å². The molecule has 0 fully saturated rings. The number of carbonyl (C=O) groups excluding carboxylic acids is 1. The molecule has 1 aliphatic carbocycles. The molecule has 4 rings (SSSR count). The lowest BCUT2D eigenvalue weighted by Gasteiger charge is -2.24. The van der Waals surface area contributed by atoms with E-state index in [1.54, 1.807) is 26.0 Å². The topological polar surface area (TPSA) is 72.3 Å². The quantitative estimate of drug-likeness (QED) is 0.208. The summed E-state index contributed by atoms with van der Waals surface area (Å²) in [6.07, 6.45) is -4.11. The maximum Gasteiger partial charge on any atom is 0.433 e. The van der Waals surface area contributed by atoms with E-state index in [9.17, 15) is 26.4 Å². The first-order valence-corrected chi connectivity index (χ1v) is 15.2. The van der Waals surface area contributed by atoms with E-state index in [2.05, 4.69) is 4.98 Å². The van der Waals surface area contributed by atoms with Crippen LogP contribution in [-0.2, 0) is 26.4 Å². The number of halogens is 4. The molecule has 6 nitrogen and oxygen atoms in total. The molecule has 1 aliphatic rings. The zero-order valence-electron chi connectivity index (χ0n) is 23.8. The van der Waals surface area contributed by atoms with E-state index in [1.165, 1.54) is 29.2 Å². The summed E-state index contributed by atoms with van der Waals surface area (Å²) in [5.41, 5.74) is -1.86. The van der Waals surface area contributed by atoms with Crippen molar-refractivity contribution in [1.29, 1.82) is 0 Å². The third-order valence-electron chi connectivity index (χ3n) is 7.14. The van der Waals surface area contributed by atoms with Crippen molar-refractivity contribution in [3.05, 3.63) is 82.7 Å². The van der Waals surface area contributed by atoms with Crippen molar-refractivity contribution in [2.24, 2.45) is 0 Å². The van der Waals surface area contributed by atoms with Crippen molar-refractivity contribution in [3.63, 3.8) is 0 Å². The third-order valence-corrected chi connectivity index (χ3v) is 9.26. The summed E-state index contributed by atoms with van der Waals surface area (Å²) in [5.74, 6) is -0.383. The first-order valence-electron chi connectivity index (χ1n) is 13.3. The van der Waals surface area contributed by atoms with Gasteiger partial charge in [-0.25, -0.2) is 21.8 Å². The minimum atomic E-state index is -4.80. The van der Waals surface area contributed by atoms with Gasteiger partial charge in [-0.05, 0) is 66.8 Å². The van der Waals surface area contributed by atoms with Gasteiger partial charge in [-0.15, -0.1) is 0 Å². The average Bonchev–Trinajstić information content (AvgIpc) is 3.32. The Balaban J connectivity index is 1.94. The van der Waals surface area contributed by atoms with Gasteiger partial charge in [-0.2, -0.15) is 13.2 Å². The Bertz CT molecular complexity index is 1730. The number of carbonyl (C=O) groups is 1. The number of benzene rings is 1. The number of hydrogen-bond donors (Lipinski definition) is 0. The summed E-state index contributed by atoms with van der Waals surface area (Å²) in [7, 11) is -4.52. The van der Waals surface area contributed by atoms with Gasteiger partial charge >= 0.3 is 6.18 Å². The first-order chi connectivity index (χ1) is 19.5. The van der Waals surface area contributed by atoms with Gasteiger partial charge < -0.3 is 4.90 Å². The highest BCUT2D eigenvalue weighted by atomic mass is 32.2. The summed E-state index contributed by atoms with van der Waals surface area (Å²) in [4.78, 5) is 18.4. The van der Waals surface area contributed by atoms with Gasteiger partial charge in [-0.3, -0.25) is 4.79 Å². The van der Waals surface area contributed by atoms with E-state index in [0.717, 1.165) is 12.1 Å². The molecule has 0 saturated carbocycles. The minimum absolute atomic E-state index is 0.0298. The predicted octanol–water partition coefficient (Wildman–Crippen LogP) is 7.10. The van der Waals surface area contributed by atoms with Crippen molar-refractivity contribution in [2.75, 3.05) is 13.1 Å². The summed E-state index contributed by atoms with van der Waals surface area (Å²) < 4.78 is 85.8. The van der Waals surface area contributed by atoms with Crippen LogP contribution in [0.2, 0.25) is 0 Å². The molecule has 0 saturated heterocycles. The second kappa shape index (κ2) is 11.4. The molecule has 0 spiro atoms. The molecular weight excluding hydrogens is 590 g/mol. The molecular formula is C30H31F4N3O3S2. The van der Waals surface area contributed by atoms with Crippen LogP contribution in [0, 0.1) is 0 Å². The van der Waals surface area contributed by atoms with Crippen LogP contribution >= 0.6 is 12.2 Å². The molecule has 1 aromatic carbocycles. The molecule has 1 atom stereocenters. The van der Waals surface area contributed by atoms with Crippen LogP contribution in [0.4, 0.5) is 17.6 Å². The number of allylic oxidation sites excluding steroid dienone is 3. The highest BCUT2D eigenvalue weighted by molar-refractivity contribution is 7.90. The number of alkyl halides is 4. The zero-order valence-corrected chi connectivity index (χ0v) is 25.4. The van der Waals surface area contributed by atoms with Crippen LogP contribution in [0.25, 0.3) is 11.0 Å². The van der Waals surface area contributed by atoms with E-state index in [-0.39, 0.29) is 39.4 Å². The van der Waals surface area contributed by atoms with E-state index in [1.807, 2.05) is 20.8 Å². The summed E-state index contributed by atoms with van der Waals surface area (Å²) in [6, 6.07) is 8.78. The van der Waals surface area contributed by atoms with Gasteiger partial charge in [0.15, 0.2) is 6.17 Å². The SMILES string of the molecule is CCN(CC)C(=O)C1=CC(C(F)c2cc3nc(C(F)(F)F)ccc3n2S(=O)(=O)c2cccc(C(C)(C)C)c2)=CCC1=S. The Hall–Kier alpha value is -3.38. The Morgan fingerprint density at radius 3 is 2.36 bits per heavy atom. The molecule has 0 aliphatic heterocycles. The van der Waals surface area contributed by atoms with Crippen LogP contribution in [0.15, 0.2) is 70.7 Å². The number of pyridine rings is 1. The standard InChI is InChI=1S/C30H31F4N3O3S2/c1-6-36(7-2)28(38)21-15-18(11-13-25(21)41)27(31)24-17-22-23(12-14-26(35-22)30(32,33)34)37(24)42(39,40)20-10-8-9-19(16-20)29(3,4)5/h8-12,14-17,27H,6-7,13H2,1-5H3. The minimum Gasteiger partial charge on any atom is -0.339 e. The number of aromatic nitrogens is 2. The highest BCUT2D eigenvalue weighted by Gasteiger charge is 2.35. The zero-order chi connectivity index (χ0) is 31.2. The van der Waals surface area contributed by atoms with Gasteiger partial charge in [-0.1, -0.05) is 51.2 Å². The average molecular weight is 622 g/mol. The van der Waals surface area contributed by atoms with Crippen molar-refractivity contribution in [1.82, 2.24) is 13.9 Å². The van der Waals surface area contributed by atoms with Crippen molar-refractivity contribution < 1.29 is 30.8 Å². The van der Waals surface area contributed by atoms with Crippen molar-refractivity contribution in [3.8, 4) is 0 Å². The fraction of sp³-hybridized carbons (Fsp3) is 0.367. The van der Waals surface area contributed by atoms with Crippen LogP contribution in [-0.4, -0.2) is 46.1 Å². The van der Waals surface area contributed by atoms with Crippen molar-refractivity contribution in [2.45, 2.75) is 63.7 Å². The summed E-state index contributed by atoms with van der Waals surface area (Å²) >= 11 is 5.37. The molecule has 224 valence electrons. The van der Waals surface area contributed by atoms with E-state index in [4.69, 9.17) is 12.2 Å². The largest absolute Gasteiger partial charge is 0.433 e. The van der Waals surface area contributed by atoms with Gasteiger partial charge in [0.1, 0.15) is 5.69 Å². The number of amides is 1. The Morgan fingerprint density at radius 1 is 1.10 bits per heavy atom. The second-order valence-corrected chi connectivity index (χ2v) is 13.2. The Kier molecular flexibility index (Phi) is 8.54. The van der Waals surface area contributed by atoms with Crippen LogP contribution in [0.5, 0.6) is 0 Å². The van der Waals surface area contributed by atoms with Crippen molar-refractivity contribution >= 4 is 44.0 Å². The molecule has 12 heteroatoms. The van der Waals surface area contributed by atoms with Gasteiger partial charge in [0.05, 0.1) is 27.2 Å². The summed E-state index contributed by atoms with van der Waals surface area (Å²) in [5, 5.41) is 0. The molecule has 0 radical (unpaired) electrons. The lowest BCUT2D eigenvalue weighted by molar-refractivity contribution is -0.141. The molecule has 2 heterocycles. The number of thiocarbonyl (C=S) groups is 1. The molecule has 42 heavy (non-hydrogen) atoms. The number of rotatable bonds is 7. The summed E-state index contributed by atoms with van der Waals surface area (Å²) in [6.45, 7) is 10.1. The van der Waals surface area contributed by atoms with Crippen LogP contribution in [0.1, 0.15) is 64.2 Å². The van der Waals surface area contributed by atoms with Gasteiger partial charge in [0, 0.05) is 24.4 Å². The molecule has 1 unspecified atom stereocenters. The second-order valence-electron chi connectivity index (χ2n) is 10.9. The molecule has 1 amide bonds. The third kappa shape index (κ3) is 5.92. The molecule has 2 aromatic heterocycles. The Labute approximate surface area is 247 Å². The maximum absolute atomic E-state index is 16.5. The monoisotopic (exact) mass is 621 g/mol. The lowest BCUT2D eigenvalue weighted by Crippen LogP contribution is -2.34. The van der Waals surface area contributed by atoms with E-state index >= 15 is 4.39 Å². The molecule has 0 bridgehead atoms. The first kappa shape index (κ1) is 31.6. The number of likely N-dealkylation sites (N-methyl/N-ethyl adjacent to an activating group) is 1. The number of nitrogens with zero attached hydrogens (tertiary/aromatic N) is 3. The number of fused-ring (bicyclic) bond motifs is 1. The molecule has 0 N–H and O–H groups in total. The lowest BCUT2D eigenvalue weighted by atomic mass is 9.87. The van der Waals surface area contributed by atoms with Crippen LogP contribution in [0.3, 0.4) is 0 Å². The smallest absolute Gasteiger partial charge is 0.339 e. The maximum atomic E-state index is 16.5. The van der Waals surface area contributed by atoms with E-state index < -0.39 is 39.2 Å². The molecule has 3 aromatic rings. The number of hydrogen-bond acceptors (Lipinski definition) is 5. The highest BCUT2D eigenvalue weighted by Crippen LogP contribution is 2.38. The van der Waals surface area contributed by atoms with Gasteiger partial charge in [0.2, 0.25) is 0 Å². The van der Waals surface area contributed by atoms with E-state index in [0.29, 0.717) is 33.6 Å². The normalized spacial score (nSPS) is 15.4. The Morgan fingerprint density at radius 2 is 1.76 bits per heavy atom. The fourth-order valence-electron chi connectivity index (χ4n) is 4.75. The fourth-order valence-corrected chi connectivity index (χ4v) is 6.55. The predicted molar refractivity (Wildman–Crippen MR) is 158 cm³/mol. The van der Waals surface area contributed by atoms with Crippen LogP contribution < -0.4 is 0 Å².